The molecule has 0 spiro atoms. The van der Waals surface area contributed by atoms with E-state index in [9.17, 15) is 0 Å². The number of rotatable bonds is 5. The van der Waals surface area contributed by atoms with Crippen LogP contribution in [0.5, 0.6) is 11.5 Å². The van der Waals surface area contributed by atoms with E-state index in [4.69, 9.17) is 9.47 Å². The van der Waals surface area contributed by atoms with Crippen molar-refractivity contribution in [2.24, 2.45) is 4.99 Å². The lowest BCUT2D eigenvalue weighted by Crippen LogP contribution is -2.36. The van der Waals surface area contributed by atoms with Gasteiger partial charge in [0, 0.05) is 39.9 Å². The Kier molecular flexibility index (Phi) is 7.38. The first-order chi connectivity index (χ1) is 12.2. The third-order valence-corrected chi connectivity index (χ3v) is 4.03. The van der Waals surface area contributed by atoms with Gasteiger partial charge < -0.3 is 25.0 Å². The summed E-state index contributed by atoms with van der Waals surface area (Å²) >= 11 is 0. The smallest absolute Gasteiger partial charge is 0.231 e. The van der Waals surface area contributed by atoms with Crippen molar-refractivity contribution < 1.29 is 9.47 Å². The van der Waals surface area contributed by atoms with Crippen LogP contribution < -0.4 is 25.0 Å². The molecule has 0 unspecified atom stereocenters. The van der Waals surface area contributed by atoms with E-state index < -0.39 is 0 Å². The number of ether oxygens (including phenoxy) is 2. The topological polar surface area (TPSA) is 58.1 Å². The number of fused-ring (bicyclic) bond motifs is 1. The predicted molar refractivity (Wildman–Crippen MR) is 116 cm³/mol. The summed E-state index contributed by atoms with van der Waals surface area (Å²) in [4.78, 5) is 6.35. The van der Waals surface area contributed by atoms with E-state index in [1.807, 2.05) is 32.3 Å². The summed E-state index contributed by atoms with van der Waals surface area (Å²) in [6, 6.07) is 14.4. The summed E-state index contributed by atoms with van der Waals surface area (Å²) in [5, 5.41) is 6.64. The standard InChI is InChI=1S/C19H24N4O2.HI/c1-20-19(21-11-14-4-7-16(8-5-14)23(2)3)22-12-15-6-9-17-18(10-15)25-13-24-17;/h4-10H,11-13H2,1-3H3,(H2,20,21,22);1H. The number of nitrogens with one attached hydrogen (secondary N) is 2. The maximum absolute atomic E-state index is 5.40. The Morgan fingerprint density at radius 3 is 2.23 bits per heavy atom. The normalized spacial score (nSPS) is 12.3. The van der Waals surface area contributed by atoms with E-state index in [0.29, 0.717) is 19.9 Å². The molecule has 1 aliphatic rings. The Bertz CT molecular complexity index is 748. The van der Waals surface area contributed by atoms with Crippen molar-refractivity contribution in [2.45, 2.75) is 13.1 Å². The van der Waals surface area contributed by atoms with Crippen molar-refractivity contribution in [1.29, 1.82) is 0 Å². The Labute approximate surface area is 171 Å². The highest BCUT2D eigenvalue weighted by atomic mass is 127. The number of guanidine groups is 1. The van der Waals surface area contributed by atoms with Gasteiger partial charge in [0.2, 0.25) is 6.79 Å². The highest BCUT2D eigenvalue weighted by molar-refractivity contribution is 14.0. The summed E-state index contributed by atoms with van der Waals surface area (Å²) in [5.74, 6) is 2.35. The number of aliphatic imine (C=N–C) groups is 1. The van der Waals surface area contributed by atoms with Crippen LogP contribution in [0.15, 0.2) is 47.5 Å². The second kappa shape index (κ2) is 9.51. The molecule has 0 amide bonds. The lowest BCUT2D eigenvalue weighted by atomic mass is 10.2. The molecule has 0 fully saturated rings. The second-order valence-electron chi connectivity index (χ2n) is 6.03. The minimum atomic E-state index is 0. The number of hydrogen-bond donors (Lipinski definition) is 2. The van der Waals surface area contributed by atoms with E-state index in [2.05, 4.69) is 44.8 Å². The number of anilines is 1. The van der Waals surface area contributed by atoms with Crippen molar-refractivity contribution >= 4 is 35.6 Å². The number of nitrogens with zero attached hydrogens (tertiary/aromatic N) is 2. The van der Waals surface area contributed by atoms with Crippen LogP contribution in [0.25, 0.3) is 0 Å². The highest BCUT2D eigenvalue weighted by Crippen LogP contribution is 2.32. The fourth-order valence-corrected chi connectivity index (χ4v) is 2.56. The first-order valence-corrected chi connectivity index (χ1v) is 8.25. The third-order valence-electron chi connectivity index (χ3n) is 4.03. The molecule has 0 saturated heterocycles. The van der Waals surface area contributed by atoms with Crippen LogP contribution in [0, 0.1) is 0 Å². The van der Waals surface area contributed by atoms with Crippen LogP contribution in [0.3, 0.4) is 0 Å². The van der Waals surface area contributed by atoms with Gasteiger partial charge in [-0.25, -0.2) is 0 Å². The average Bonchev–Trinajstić information content (AvgIpc) is 3.10. The van der Waals surface area contributed by atoms with Gasteiger partial charge in [0.15, 0.2) is 17.5 Å². The Hall–Kier alpha value is -2.16. The van der Waals surface area contributed by atoms with Gasteiger partial charge >= 0.3 is 0 Å². The van der Waals surface area contributed by atoms with Crippen LogP contribution in [0.4, 0.5) is 5.69 Å². The third kappa shape index (κ3) is 5.17. The average molecular weight is 468 g/mol. The Morgan fingerprint density at radius 1 is 0.962 bits per heavy atom. The van der Waals surface area contributed by atoms with Crippen LogP contribution in [0.1, 0.15) is 11.1 Å². The molecule has 2 N–H and O–H groups in total. The van der Waals surface area contributed by atoms with Gasteiger partial charge in [-0.2, -0.15) is 0 Å². The van der Waals surface area contributed by atoms with Crippen molar-refractivity contribution in [3.8, 4) is 11.5 Å². The van der Waals surface area contributed by atoms with Gasteiger partial charge in [-0.05, 0) is 35.4 Å². The first kappa shape index (κ1) is 20.2. The van der Waals surface area contributed by atoms with E-state index in [-0.39, 0.29) is 24.0 Å². The van der Waals surface area contributed by atoms with E-state index in [0.717, 1.165) is 23.0 Å². The molecule has 1 aliphatic heterocycles. The zero-order valence-corrected chi connectivity index (χ0v) is 17.6. The molecule has 0 atom stereocenters. The zero-order chi connectivity index (χ0) is 17.6. The molecular formula is C19H25IN4O2. The predicted octanol–water partition coefficient (Wildman–Crippen LogP) is 2.96. The van der Waals surface area contributed by atoms with E-state index >= 15 is 0 Å². The molecule has 6 nitrogen and oxygen atoms in total. The van der Waals surface area contributed by atoms with Crippen LogP contribution >= 0.6 is 24.0 Å². The molecule has 0 aromatic heterocycles. The summed E-state index contributed by atoms with van der Waals surface area (Å²) in [6.45, 7) is 1.67. The largest absolute Gasteiger partial charge is 0.454 e. The Balaban J connectivity index is 0.00000243. The Morgan fingerprint density at radius 2 is 1.58 bits per heavy atom. The molecule has 1 heterocycles. The van der Waals surface area contributed by atoms with Gasteiger partial charge in [-0.3, -0.25) is 4.99 Å². The van der Waals surface area contributed by atoms with Gasteiger partial charge in [-0.1, -0.05) is 18.2 Å². The molecule has 0 bridgehead atoms. The molecule has 2 aromatic rings. The van der Waals surface area contributed by atoms with E-state index in [1.165, 1.54) is 11.3 Å². The molecule has 2 aromatic carbocycles. The minimum Gasteiger partial charge on any atom is -0.454 e. The fourth-order valence-electron chi connectivity index (χ4n) is 2.56. The summed E-state index contributed by atoms with van der Waals surface area (Å²) in [6.07, 6.45) is 0. The van der Waals surface area contributed by atoms with Crippen molar-refractivity contribution in [3.05, 3.63) is 53.6 Å². The quantitative estimate of drug-likeness (QED) is 0.402. The summed E-state index contributed by atoms with van der Waals surface area (Å²) in [7, 11) is 5.84. The number of halogens is 1. The molecule has 140 valence electrons. The second-order valence-corrected chi connectivity index (χ2v) is 6.03. The van der Waals surface area contributed by atoms with Gasteiger partial charge in [-0.15, -0.1) is 24.0 Å². The highest BCUT2D eigenvalue weighted by Gasteiger charge is 2.13. The SMILES string of the molecule is CN=C(NCc1ccc(N(C)C)cc1)NCc1ccc2c(c1)OCO2.I. The molecule has 0 saturated carbocycles. The molecule has 0 aliphatic carbocycles. The minimum absolute atomic E-state index is 0. The first-order valence-electron chi connectivity index (χ1n) is 8.25. The van der Waals surface area contributed by atoms with E-state index in [1.54, 1.807) is 7.05 Å². The molecule has 7 heteroatoms. The molecule has 26 heavy (non-hydrogen) atoms. The van der Waals surface area contributed by atoms with Crippen LogP contribution in [-0.4, -0.2) is 33.9 Å². The van der Waals surface area contributed by atoms with Crippen LogP contribution in [0.2, 0.25) is 0 Å². The van der Waals surface area contributed by atoms with Crippen molar-refractivity contribution in [3.63, 3.8) is 0 Å². The van der Waals surface area contributed by atoms with Gasteiger partial charge in [0.25, 0.3) is 0 Å². The zero-order valence-electron chi connectivity index (χ0n) is 15.3. The molecular weight excluding hydrogens is 443 g/mol. The summed E-state index contributed by atoms with van der Waals surface area (Å²) in [5.41, 5.74) is 3.51. The maximum Gasteiger partial charge on any atom is 0.231 e. The van der Waals surface area contributed by atoms with Crippen LogP contribution in [-0.2, 0) is 13.1 Å². The van der Waals surface area contributed by atoms with Gasteiger partial charge in [0.1, 0.15) is 0 Å². The van der Waals surface area contributed by atoms with Crippen molar-refractivity contribution in [2.75, 3.05) is 32.8 Å². The molecule has 3 rings (SSSR count). The lowest BCUT2D eigenvalue weighted by Gasteiger charge is -2.14. The van der Waals surface area contributed by atoms with Gasteiger partial charge in [0.05, 0.1) is 0 Å². The summed E-state index contributed by atoms with van der Waals surface area (Å²) < 4.78 is 10.7. The van der Waals surface area contributed by atoms with Crippen molar-refractivity contribution in [1.82, 2.24) is 10.6 Å². The number of benzene rings is 2. The fraction of sp³-hybridized carbons (Fsp3) is 0.316. The maximum atomic E-state index is 5.40. The monoisotopic (exact) mass is 468 g/mol. The lowest BCUT2D eigenvalue weighted by molar-refractivity contribution is 0.174. The molecule has 0 radical (unpaired) electrons. The number of hydrogen-bond acceptors (Lipinski definition) is 4.